The topological polar surface area (TPSA) is 74.0 Å². The SMILES string of the molecule is CCOP(=O)(OCC)c1nc(-c2ccc(Cl)cc2)oc1N1CCOCC1. The average Bonchev–Trinajstić information content (AvgIpc) is 3.10. The van der Waals surface area contributed by atoms with Gasteiger partial charge in [0, 0.05) is 23.7 Å². The lowest BCUT2D eigenvalue weighted by Crippen LogP contribution is -2.38. The summed E-state index contributed by atoms with van der Waals surface area (Å²) in [4.78, 5) is 6.44. The van der Waals surface area contributed by atoms with Crippen molar-refractivity contribution in [1.82, 2.24) is 4.98 Å². The highest BCUT2D eigenvalue weighted by molar-refractivity contribution is 7.62. The molecular weight excluding hydrogens is 379 g/mol. The molecular formula is C17H22ClN2O5P. The average molecular weight is 401 g/mol. The van der Waals surface area contributed by atoms with Crippen LogP contribution in [-0.4, -0.2) is 44.5 Å². The Balaban J connectivity index is 2.07. The minimum Gasteiger partial charge on any atom is -0.419 e. The number of nitrogens with zero attached hydrogens (tertiary/aromatic N) is 2. The maximum absolute atomic E-state index is 13.3. The number of morpholine rings is 1. The smallest absolute Gasteiger partial charge is 0.385 e. The summed E-state index contributed by atoms with van der Waals surface area (Å²) in [5.74, 6) is 0.751. The van der Waals surface area contributed by atoms with Crippen LogP contribution in [0.4, 0.5) is 5.88 Å². The van der Waals surface area contributed by atoms with Crippen molar-refractivity contribution < 1.29 is 22.8 Å². The van der Waals surface area contributed by atoms with Crippen molar-refractivity contribution in [2.24, 2.45) is 0 Å². The van der Waals surface area contributed by atoms with Crippen molar-refractivity contribution >= 4 is 30.5 Å². The third-order valence-electron chi connectivity index (χ3n) is 3.84. The van der Waals surface area contributed by atoms with E-state index >= 15 is 0 Å². The Kier molecular flexibility index (Phi) is 6.37. The summed E-state index contributed by atoms with van der Waals surface area (Å²) in [7, 11) is -3.60. The van der Waals surface area contributed by atoms with E-state index in [-0.39, 0.29) is 18.6 Å². The van der Waals surface area contributed by atoms with Gasteiger partial charge in [0.1, 0.15) is 0 Å². The minimum absolute atomic E-state index is 0.202. The first-order valence-electron chi connectivity index (χ1n) is 8.56. The van der Waals surface area contributed by atoms with Gasteiger partial charge >= 0.3 is 7.60 Å². The van der Waals surface area contributed by atoms with E-state index in [9.17, 15) is 4.57 Å². The van der Waals surface area contributed by atoms with Gasteiger partial charge in [0.05, 0.1) is 26.4 Å². The molecule has 0 unspecified atom stereocenters. The molecule has 1 aromatic carbocycles. The fourth-order valence-electron chi connectivity index (χ4n) is 2.67. The summed E-state index contributed by atoms with van der Waals surface area (Å²) < 4.78 is 35.7. The van der Waals surface area contributed by atoms with Gasteiger partial charge in [0.2, 0.25) is 17.2 Å². The second kappa shape index (κ2) is 8.55. The molecule has 0 bridgehead atoms. The predicted octanol–water partition coefficient (Wildman–Crippen LogP) is 3.72. The number of anilines is 1. The van der Waals surface area contributed by atoms with Gasteiger partial charge in [-0.3, -0.25) is 4.57 Å². The first-order valence-corrected chi connectivity index (χ1v) is 10.5. The van der Waals surface area contributed by atoms with Gasteiger partial charge in [-0.05, 0) is 38.1 Å². The summed E-state index contributed by atoms with van der Waals surface area (Å²) in [5, 5.41) is 0.614. The lowest BCUT2D eigenvalue weighted by molar-refractivity contribution is 0.121. The molecule has 9 heteroatoms. The molecule has 142 valence electrons. The van der Waals surface area contributed by atoms with E-state index in [1.807, 2.05) is 4.90 Å². The maximum Gasteiger partial charge on any atom is 0.385 e. The van der Waals surface area contributed by atoms with E-state index in [1.54, 1.807) is 38.1 Å². The molecule has 0 atom stereocenters. The molecule has 7 nitrogen and oxygen atoms in total. The Morgan fingerprint density at radius 2 is 1.77 bits per heavy atom. The lowest BCUT2D eigenvalue weighted by Gasteiger charge is -2.27. The third kappa shape index (κ3) is 4.13. The Hall–Kier alpha value is -1.37. The van der Waals surface area contributed by atoms with Gasteiger partial charge in [-0.2, -0.15) is 4.98 Å². The van der Waals surface area contributed by atoms with E-state index in [0.717, 1.165) is 5.56 Å². The fraction of sp³-hybridized carbons (Fsp3) is 0.471. The number of aromatic nitrogens is 1. The molecule has 1 aliphatic heterocycles. The van der Waals surface area contributed by atoms with E-state index in [1.165, 1.54) is 0 Å². The number of hydrogen-bond donors (Lipinski definition) is 0. The Labute approximate surface area is 157 Å². The van der Waals surface area contributed by atoms with Crippen LogP contribution in [-0.2, 0) is 18.3 Å². The third-order valence-corrected chi connectivity index (χ3v) is 6.10. The molecule has 2 aromatic rings. The molecule has 26 heavy (non-hydrogen) atoms. The Bertz CT molecular complexity index is 764. The van der Waals surface area contributed by atoms with E-state index in [4.69, 9.17) is 29.8 Å². The highest BCUT2D eigenvalue weighted by Gasteiger charge is 2.38. The molecule has 0 amide bonds. The molecule has 1 saturated heterocycles. The molecule has 0 radical (unpaired) electrons. The monoisotopic (exact) mass is 400 g/mol. The predicted molar refractivity (Wildman–Crippen MR) is 100 cm³/mol. The molecule has 1 aliphatic rings. The van der Waals surface area contributed by atoms with Crippen molar-refractivity contribution in [2.45, 2.75) is 13.8 Å². The second-order valence-corrected chi connectivity index (χ2v) is 7.96. The molecule has 0 saturated carbocycles. The number of ether oxygens (including phenoxy) is 1. The first kappa shape index (κ1) is 19.4. The van der Waals surface area contributed by atoms with Crippen molar-refractivity contribution in [3.05, 3.63) is 29.3 Å². The van der Waals surface area contributed by atoms with Crippen LogP contribution in [0.5, 0.6) is 0 Å². The van der Waals surface area contributed by atoms with Gasteiger partial charge in [-0.1, -0.05) is 11.6 Å². The molecule has 1 aromatic heterocycles. The zero-order valence-corrected chi connectivity index (χ0v) is 16.5. The summed E-state index contributed by atoms with van der Waals surface area (Å²) in [5.41, 5.74) is 0.933. The van der Waals surface area contributed by atoms with Crippen LogP contribution in [0.3, 0.4) is 0 Å². The quantitative estimate of drug-likeness (QED) is 0.655. The summed E-state index contributed by atoms with van der Waals surface area (Å²) in [6.07, 6.45) is 0. The van der Waals surface area contributed by atoms with Gasteiger partial charge in [0.25, 0.3) is 0 Å². The summed E-state index contributed by atoms with van der Waals surface area (Å²) >= 11 is 5.95. The van der Waals surface area contributed by atoms with Gasteiger partial charge in [-0.25, -0.2) is 0 Å². The Morgan fingerprint density at radius 1 is 1.15 bits per heavy atom. The van der Waals surface area contributed by atoms with E-state index < -0.39 is 7.60 Å². The summed E-state index contributed by atoms with van der Waals surface area (Å²) in [6, 6.07) is 7.10. The zero-order valence-electron chi connectivity index (χ0n) is 14.8. The molecule has 0 N–H and O–H groups in total. The van der Waals surface area contributed by atoms with E-state index in [0.29, 0.717) is 43.1 Å². The molecule has 0 spiro atoms. The van der Waals surface area contributed by atoms with Crippen molar-refractivity contribution in [3.63, 3.8) is 0 Å². The minimum atomic E-state index is -3.60. The Morgan fingerprint density at radius 3 is 2.35 bits per heavy atom. The first-order chi connectivity index (χ1) is 12.6. The number of halogens is 1. The van der Waals surface area contributed by atoms with Crippen LogP contribution >= 0.6 is 19.2 Å². The fourth-order valence-corrected chi connectivity index (χ4v) is 4.43. The van der Waals surface area contributed by atoms with Crippen LogP contribution in [0.15, 0.2) is 28.7 Å². The highest BCUT2D eigenvalue weighted by atomic mass is 35.5. The lowest BCUT2D eigenvalue weighted by atomic mass is 10.2. The molecule has 1 fully saturated rings. The highest BCUT2D eigenvalue weighted by Crippen LogP contribution is 2.49. The standard InChI is InChI=1S/C17H22ClN2O5P/c1-3-23-26(21,24-4-2)16-17(20-9-11-22-12-10-20)25-15(19-16)13-5-7-14(18)8-6-13/h5-8H,3-4,9-12H2,1-2H3. The van der Waals surface area contributed by atoms with Gasteiger partial charge < -0.3 is 23.1 Å². The van der Waals surface area contributed by atoms with Crippen LogP contribution < -0.4 is 10.3 Å². The van der Waals surface area contributed by atoms with Crippen molar-refractivity contribution in [1.29, 1.82) is 0 Å². The zero-order chi connectivity index (χ0) is 18.6. The van der Waals surface area contributed by atoms with Crippen LogP contribution in [0.2, 0.25) is 5.02 Å². The van der Waals surface area contributed by atoms with Gasteiger partial charge in [-0.15, -0.1) is 0 Å². The number of benzene rings is 1. The number of hydrogen-bond acceptors (Lipinski definition) is 7. The van der Waals surface area contributed by atoms with Crippen LogP contribution in [0, 0.1) is 0 Å². The molecule has 3 rings (SSSR count). The van der Waals surface area contributed by atoms with Crippen molar-refractivity contribution in [2.75, 3.05) is 44.4 Å². The number of rotatable bonds is 7. The normalized spacial score (nSPS) is 15.4. The maximum atomic E-state index is 13.3. The molecule has 2 heterocycles. The van der Waals surface area contributed by atoms with Gasteiger partial charge in [0.15, 0.2) is 0 Å². The number of oxazole rings is 1. The second-order valence-electron chi connectivity index (χ2n) is 5.59. The van der Waals surface area contributed by atoms with Crippen LogP contribution in [0.25, 0.3) is 11.5 Å². The molecule has 0 aliphatic carbocycles. The van der Waals surface area contributed by atoms with Crippen LogP contribution in [0.1, 0.15) is 13.8 Å². The van der Waals surface area contributed by atoms with E-state index in [2.05, 4.69) is 4.98 Å². The van der Waals surface area contributed by atoms with Crippen molar-refractivity contribution in [3.8, 4) is 11.5 Å². The largest absolute Gasteiger partial charge is 0.419 e. The summed E-state index contributed by atoms with van der Waals surface area (Å²) in [6.45, 7) is 6.35.